The first-order valence-corrected chi connectivity index (χ1v) is 8.54. The van der Waals surface area contributed by atoms with Crippen LogP contribution in [-0.2, 0) is 9.53 Å². The van der Waals surface area contributed by atoms with E-state index in [1.807, 2.05) is 54.6 Å². The van der Waals surface area contributed by atoms with Crippen molar-refractivity contribution in [1.29, 1.82) is 5.26 Å². The predicted molar refractivity (Wildman–Crippen MR) is 105 cm³/mol. The number of amides is 2. The summed E-state index contributed by atoms with van der Waals surface area (Å²) in [6.45, 7) is 3.35. The predicted octanol–water partition coefficient (Wildman–Crippen LogP) is 4.56. The number of rotatable bonds is 3. The molecular formula is C22H18N2O3. The van der Waals surface area contributed by atoms with E-state index in [0.717, 1.165) is 27.1 Å². The lowest BCUT2D eigenvalue weighted by Gasteiger charge is -2.10. The van der Waals surface area contributed by atoms with Crippen LogP contribution in [0.4, 0.5) is 4.79 Å². The Morgan fingerprint density at radius 3 is 2.11 bits per heavy atom. The molecule has 0 saturated carbocycles. The average Bonchev–Trinajstić information content (AvgIpc) is 2.64. The van der Waals surface area contributed by atoms with Gasteiger partial charge in [0.2, 0.25) is 0 Å². The van der Waals surface area contributed by atoms with Crippen LogP contribution in [0.3, 0.4) is 0 Å². The van der Waals surface area contributed by atoms with Crippen LogP contribution in [0.2, 0.25) is 0 Å². The van der Waals surface area contributed by atoms with Crippen molar-refractivity contribution in [3.05, 3.63) is 65.7 Å². The van der Waals surface area contributed by atoms with Crippen LogP contribution < -0.4 is 5.32 Å². The van der Waals surface area contributed by atoms with E-state index in [4.69, 9.17) is 4.74 Å². The van der Waals surface area contributed by atoms with Gasteiger partial charge in [-0.25, -0.2) is 4.79 Å². The van der Waals surface area contributed by atoms with Gasteiger partial charge >= 0.3 is 6.09 Å². The standard InChI is InChI=1S/C22H18N2O3/c1-14(2)27-22(26)24-21(25)17(13-23)12-20-18-9-5-3-7-15(18)11-16-8-4-6-10-19(16)20/h3-12,14H,1-2H3,(H,24,25,26)/b17-12+. The van der Waals surface area contributed by atoms with Crippen molar-refractivity contribution in [2.45, 2.75) is 20.0 Å². The fraction of sp³-hybridized carbons (Fsp3) is 0.136. The molecule has 0 aliphatic carbocycles. The number of carbonyl (C=O) groups excluding carboxylic acids is 2. The summed E-state index contributed by atoms with van der Waals surface area (Å²) in [5.41, 5.74) is 0.588. The van der Waals surface area contributed by atoms with Crippen LogP contribution in [0.15, 0.2) is 60.2 Å². The van der Waals surface area contributed by atoms with Gasteiger partial charge in [0.25, 0.3) is 5.91 Å². The molecule has 5 nitrogen and oxygen atoms in total. The third kappa shape index (κ3) is 3.96. The van der Waals surface area contributed by atoms with Gasteiger partial charge in [0.1, 0.15) is 11.6 Å². The SMILES string of the molecule is CC(C)OC(=O)NC(=O)/C(C#N)=C/c1c2ccccc2cc2ccccc12. The number of benzene rings is 3. The minimum atomic E-state index is -0.876. The van der Waals surface area contributed by atoms with E-state index in [0.29, 0.717) is 0 Å². The normalized spacial score (nSPS) is 11.4. The second kappa shape index (κ2) is 7.71. The van der Waals surface area contributed by atoms with Gasteiger partial charge in [0, 0.05) is 0 Å². The Morgan fingerprint density at radius 1 is 1.04 bits per heavy atom. The molecule has 5 heteroatoms. The molecule has 0 fully saturated rings. The zero-order valence-corrected chi connectivity index (χ0v) is 15.0. The zero-order chi connectivity index (χ0) is 19.4. The molecule has 0 atom stereocenters. The Bertz CT molecular complexity index is 1050. The molecule has 0 aliphatic heterocycles. The van der Waals surface area contributed by atoms with Gasteiger partial charge < -0.3 is 4.74 Å². The number of ether oxygens (including phenoxy) is 1. The summed E-state index contributed by atoms with van der Waals surface area (Å²) >= 11 is 0. The Morgan fingerprint density at radius 2 is 1.59 bits per heavy atom. The first-order chi connectivity index (χ1) is 13.0. The maximum Gasteiger partial charge on any atom is 0.414 e. The molecule has 3 aromatic rings. The second-order valence-electron chi connectivity index (χ2n) is 6.31. The molecule has 0 aromatic heterocycles. The Labute approximate surface area is 156 Å². The van der Waals surface area contributed by atoms with Gasteiger partial charge in [-0.3, -0.25) is 10.1 Å². The van der Waals surface area contributed by atoms with Gasteiger partial charge in [-0.2, -0.15) is 5.26 Å². The van der Waals surface area contributed by atoms with Crippen molar-refractivity contribution in [3.8, 4) is 6.07 Å². The number of carbonyl (C=O) groups is 2. The third-order valence-electron chi connectivity index (χ3n) is 4.03. The van der Waals surface area contributed by atoms with E-state index in [9.17, 15) is 14.9 Å². The van der Waals surface area contributed by atoms with Gasteiger partial charge in [-0.05, 0) is 53.1 Å². The highest BCUT2D eigenvalue weighted by molar-refractivity contribution is 6.13. The van der Waals surface area contributed by atoms with E-state index in [-0.39, 0.29) is 11.7 Å². The Balaban J connectivity index is 2.10. The Kier molecular flexibility index (Phi) is 5.18. The number of hydrogen-bond acceptors (Lipinski definition) is 4. The molecule has 0 radical (unpaired) electrons. The molecule has 134 valence electrons. The van der Waals surface area contributed by atoms with Crippen LogP contribution in [-0.4, -0.2) is 18.1 Å². The zero-order valence-electron chi connectivity index (χ0n) is 15.0. The molecule has 0 aliphatic rings. The van der Waals surface area contributed by atoms with E-state index >= 15 is 0 Å². The molecule has 27 heavy (non-hydrogen) atoms. The maximum absolute atomic E-state index is 12.3. The molecule has 3 rings (SSSR count). The van der Waals surface area contributed by atoms with Gasteiger partial charge in [-0.1, -0.05) is 48.5 Å². The van der Waals surface area contributed by atoms with E-state index in [1.54, 1.807) is 13.8 Å². The molecular weight excluding hydrogens is 340 g/mol. The highest BCUT2D eigenvalue weighted by Gasteiger charge is 2.16. The van der Waals surface area contributed by atoms with E-state index in [1.165, 1.54) is 6.08 Å². The van der Waals surface area contributed by atoms with Crippen molar-refractivity contribution < 1.29 is 14.3 Å². The number of imide groups is 1. The molecule has 2 amide bonds. The number of nitriles is 1. The minimum Gasteiger partial charge on any atom is -0.447 e. The summed E-state index contributed by atoms with van der Waals surface area (Å²) in [6.07, 6.45) is 0.274. The summed E-state index contributed by atoms with van der Waals surface area (Å²) in [5.74, 6) is -0.792. The fourth-order valence-electron chi connectivity index (χ4n) is 2.90. The molecule has 0 heterocycles. The fourth-order valence-corrected chi connectivity index (χ4v) is 2.90. The minimum absolute atomic E-state index is 0.169. The van der Waals surface area contributed by atoms with Crippen LogP contribution >= 0.6 is 0 Å². The van der Waals surface area contributed by atoms with Crippen LogP contribution in [0, 0.1) is 11.3 Å². The van der Waals surface area contributed by atoms with Crippen LogP contribution in [0.5, 0.6) is 0 Å². The van der Waals surface area contributed by atoms with Gasteiger partial charge in [0.15, 0.2) is 0 Å². The summed E-state index contributed by atoms with van der Waals surface area (Å²) in [7, 11) is 0. The largest absolute Gasteiger partial charge is 0.447 e. The quantitative estimate of drug-likeness (QED) is 0.423. The topological polar surface area (TPSA) is 79.2 Å². The smallest absolute Gasteiger partial charge is 0.414 e. The number of alkyl carbamates (subject to hydrolysis) is 1. The van der Waals surface area contributed by atoms with E-state index in [2.05, 4.69) is 11.4 Å². The first kappa shape index (κ1) is 18.2. The summed E-state index contributed by atoms with van der Waals surface area (Å²) in [4.78, 5) is 24.0. The van der Waals surface area contributed by atoms with E-state index < -0.39 is 12.0 Å². The molecule has 0 bridgehead atoms. The Hall–Kier alpha value is -3.65. The van der Waals surface area contributed by atoms with Crippen LogP contribution in [0.1, 0.15) is 19.4 Å². The second-order valence-corrected chi connectivity index (χ2v) is 6.31. The molecule has 3 aromatic carbocycles. The number of fused-ring (bicyclic) bond motifs is 2. The lowest BCUT2D eigenvalue weighted by molar-refractivity contribution is -0.116. The monoisotopic (exact) mass is 358 g/mol. The molecule has 1 N–H and O–H groups in total. The van der Waals surface area contributed by atoms with Gasteiger partial charge in [0.05, 0.1) is 6.10 Å². The number of nitrogens with zero attached hydrogens (tertiary/aromatic N) is 1. The highest BCUT2D eigenvalue weighted by Crippen LogP contribution is 2.30. The number of hydrogen-bond donors (Lipinski definition) is 1. The first-order valence-electron chi connectivity index (χ1n) is 8.54. The summed E-state index contributed by atoms with van der Waals surface area (Å²) in [6, 6.07) is 19.5. The highest BCUT2D eigenvalue weighted by atomic mass is 16.6. The summed E-state index contributed by atoms with van der Waals surface area (Å²) < 4.78 is 4.90. The molecule has 0 saturated heterocycles. The maximum atomic E-state index is 12.3. The number of nitrogens with one attached hydrogen (secondary N) is 1. The average molecular weight is 358 g/mol. The molecule has 0 spiro atoms. The van der Waals surface area contributed by atoms with Crippen molar-refractivity contribution in [2.24, 2.45) is 0 Å². The third-order valence-corrected chi connectivity index (χ3v) is 4.03. The van der Waals surface area contributed by atoms with Crippen molar-refractivity contribution in [2.75, 3.05) is 0 Å². The van der Waals surface area contributed by atoms with Crippen molar-refractivity contribution >= 4 is 39.6 Å². The van der Waals surface area contributed by atoms with Crippen LogP contribution in [0.25, 0.3) is 27.6 Å². The van der Waals surface area contributed by atoms with Gasteiger partial charge in [-0.15, -0.1) is 0 Å². The summed E-state index contributed by atoms with van der Waals surface area (Å²) in [5, 5.41) is 15.4. The lowest BCUT2D eigenvalue weighted by Crippen LogP contribution is -2.33. The van der Waals surface area contributed by atoms with Crippen molar-refractivity contribution in [3.63, 3.8) is 0 Å². The van der Waals surface area contributed by atoms with Crippen molar-refractivity contribution in [1.82, 2.24) is 5.32 Å². The lowest BCUT2D eigenvalue weighted by atomic mass is 9.95. The molecule has 0 unspecified atom stereocenters.